The molecular formula is C13H14ClFN2O2. The Morgan fingerprint density at radius 1 is 1.47 bits per heavy atom. The molecule has 0 spiro atoms. The summed E-state index contributed by atoms with van der Waals surface area (Å²) in [4.78, 5) is 25.1. The standard InChI is InChI=1S/C13H14ClFN2O2/c1-2-3-10-13(19)17(7-12(18)16-10)11-6-8(15)4-5-9(11)14/h4-6,10H,2-3,7H2,1H3,(H,16,18). The van der Waals surface area contributed by atoms with Crippen LogP contribution in [0.4, 0.5) is 10.1 Å². The molecule has 0 aliphatic carbocycles. The van der Waals surface area contributed by atoms with Crippen molar-refractivity contribution in [3.8, 4) is 0 Å². The van der Waals surface area contributed by atoms with Crippen molar-refractivity contribution in [1.29, 1.82) is 0 Å². The summed E-state index contributed by atoms with van der Waals surface area (Å²) in [6.07, 6.45) is 1.31. The number of rotatable bonds is 3. The number of hydrogen-bond donors (Lipinski definition) is 1. The first-order chi connectivity index (χ1) is 9.02. The quantitative estimate of drug-likeness (QED) is 0.924. The predicted molar refractivity (Wildman–Crippen MR) is 70.6 cm³/mol. The SMILES string of the molecule is CCCC1NC(=O)CN(c2cc(F)ccc2Cl)C1=O. The van der Waals surface area contributed by atoms with Crippen LogP contribution in [-0.2, 0) is 9.59 Å². The van der Waals surface area contributed by atoms with Crippen molar-refractivity contribution in [2.75, 3.05) is 11.4 Å². The molecule has 0 bridgehead atoms. The van der Waals surface area contributed by atoms with Crippen LogP contribution in [-0.4, -0.2) is 24.4 Å². The van der Waals surface area contributed by atoms with Crippen LogP contribution >= 0.6 is 11.6 Å². The zero-order valence-corrected chi connectivity index (χ0v) is 11.2. The highest BCUT2D eigenvalue weighted by atomic mass is 35.5. The molecule has 1 unspecified atom stereocenters. The van der Waals surface area contributed by atoms with Crippen molar-refractivity contribution in [3.05, 3.63) is 29.0 Å². The highest BCUT2D eigenvalue weighted by molar-refractivity contribution is 6.34. The summed E-state index contributed by atoms with van der Waals surface area (Å²) in [5.41, 5.74) is 0.239. The van der Waals surface area contributed by atoms with Gasteiger partial charge < -0.3 is 5.32 Å². The number of benzene rings is 1. The van der Waals surface area contributed by atoms with Gasteiger partial charge in [0.05, 0.1) is 10.7 Å². The first kappa shape index (κ1) is 13.8. The lowest BCUT2D eigenvalue weighted by Crippen LogP contribution is -2.58. The molecule has 1 aromatic rings. The van der Waals surface area contributed by atoms with Gasteiger partial charge in [0, 0.05) is 0 Å². The molecule has 1 fully saturated rings. The molecule has 2 rings (SSSR count). The Bertz CT molecular complexity index is 521. The van der Waals surface area contributed by atoms with Crippen molar-refractivity contribution in [3.63, 3.8) is 0 Å². The van der Waals surface area contributed by atoms with E-state index in [-0.39, 0.29) is 29.1 Å². The summed E-state index contributed by atoms with van der Waals surface area (Å²) in [5, 5.41) is 2.88. The third kappa shape index (κ3) is 2.87. The number of carbonyl (C=O) groups is 2. The second-order valence-corrected chi connectivity index (χ2v) is 4.84. The second-order valence-electron chi connectivity index (χ2n) is 4.43. The number of halogens is 2. The van der Waals surface area contributed by atoms with Crippen molar-refractivity contribution in [2.24, 2.45) is 0 Å². The molecule has 1 aromatic carbocycles. The molecular weight excluding hydrogens is 271 g/mol. The maximum atomic E-state index is 13.3. The van der Waals surface area contributed by atoms with Gasteiger partial charge in [-0.3, -0.25) is 14.5 Å². The first-order valence-electron chi connectivity index (χ1n) is 6.08. The molecule has 0 aromatic heterocycles. The molecule has 0 saturated carbocycles. The number of carbonyl (C=O) groups excluding carboxylic acids is 2. The van der Waals surface area contributed by atoms with Crippen LogP contribution in [0.5, 0.6) is 0 Å². The molecule has 1 aliphatic rings. The average molecular weight is 285 g/mol. The lowest BCUT2D eigenvalue weighted by Gasteiger charge is -2.32. The second kappa shape index (κ2) is 5.57. The fraction of sp³-hybridized carbons (Fsp3) is 0.385. The first-order valence-corrected chi connectivity index (χ1v) is 6.46. The zero-order chi connectivity index (χ0) is 14.0. The lowest BCUT2D eigenvalue weighted by molar-refractivity contribution is -0.131. The van der Waals surface area contributed by atoms with Gasteiger partial charge in [0.15, 0.2) is 0 Å². The smallest absolute Gasteiger partial charge is 0.250 e. The van der Waals surface area contributed by atoms with Crippen LogP contribution in [0.3, 0.4) is 0 Å². The van der Waals surface area contributed by atoms with Gasteiger partial charge in [-0.05, 0) is 24.6 Å². The van der Waals surface area contributed by atoms with Crippen LogP contribution in [0.15, 0.2) is 18.2 Å². The molecule has 1 saturated heterocycles. The topological polar surface area (TPSA) is 49.4 Å². The lowest BCUT2D eigenvalue weighted by atomic mass is 10.1. The van der Waals surface area contributed by atoms with Crippen LogP contribution in [0, 0.1) is 5.82 Å². The summed E-state index contributed by atoms with van der Waals surface area (Å²) in [6, 6.07) is 3.19. The van der Waals surface area contributed by atoms with Crippen LogP contribution in [0.2, 0.25) is 5.02 Å². The summed E-state index contributed by atoms with van der Waals surface area (Å²) in [5.74, 6) is -1.02. The predicted octanol–water partition coefficient (Wildman–Crippen LogP) is 2.11. The van der Waals surface area contributed by atoms with Gasteiger partial charge in [-0.15, -0.1) is 0 Å². The normalized spacial score (nSPS) is 19.5. The van der Waals surface area contributed by atoms with Gasteiger partial charge in [-0.25, -0.2) is 4.39 Å². The van der Waals surface area contributed by atoms with E-state index < -0.39 is 11.9 Å². The highest BCUT2D eigenvalue weighted by Gasteiger charge is 2.33. The Morgan fingerprint density at radius 3 is 2.89 bits per heavy atom. The third-order valence-electron chi connectivity index (χ3n) is 2.98. The summed E-state index contributed by atoms with van der Waals surface area (Å²) >= 11 is 5.98. The molecule has 6 heteroatoms. The molecule has 19 heavy (non-hydrogen) atoms. The number of hydrogen-bond acceptors (Lipinski definition) is 2. The van der Waals surface area contributed by atoms with Crippen molar-refractivity contribution in [2.45, 2.75) is 25.8 Å². The molecule has 1 atom stereocenters. The number of anilines is 1. The van der Waals surface area contributed by atoms with Crippen molar-refractivity contribution >= 4 is 29.1 Å². The summed E-state index contributed by atoms with van der Waals surface area (Å²) in [6.45, 7) is 1.79. The van der Waals surface area contributed by atoms with E-state index in [2.05, 4.69) is 5.32 Å². The number of nitrogens with zero attached hydrogens (tertiary/aromatic N) is 1. The molecule has 1 heterocycles. The Balaban J connectivity index is 2.34. The van der Waals surface area contributed by atoms with E-state index in [1.807, 2.05) is 6.92 Å². The minimum atomic E-state index is -0.564. The fourth-order valence-electron chi connectivity index (χ4n) is 2.09. The van der Waals surface area contributed by atoms with Gasteiger partial charge in [-0.1, -0.05) is 24.9 Å². The average Bonchev–Trinajstić information content (AvgIpc) is 2.37. The summed E-state index contributed by atoms with van der Waals surface area (Å²) < 4.78 is 13.3. The molecule has 102 valence electrons. The number of piperazine rings is 1. The molecule has 1 N–H and O–H groups in total. The molecule has 4 nitrogen and oxygen atoms in total. The van der Waals surface area contributed by atoms with Crippen molar-refractivity contribution in [1.82, 2.24) is 5.32 Å². The Kier molecular flexibility index (Phi) is 4.04. The maximum absolute atomic E-state index is 13.3. The molecule has 0 radical (unpaired) electrons. The van der Waals surface area contributed by atoms with Crippen LogP contribution < -0.4 is 10.2 Å². The molecule has 1 aliphatic heterocycles. The number of nitrogens with one attached hydrogen (secondary N) is 1. The van der Waals surface area contributed by atoms with Crippen LogP contribution in [0.1, 0.15) is 19.8 Å². The van der Waals surface area contributed by atoms with Gasteiger partial charge in [-0.2, -0.15) is 0 Å². The number of amides is 2. The summed E-state index contributed by atoms with van der Waals surface area (Å²) in [7, 11) is 0. The Labute approximate surface area is 115 Å². The Hall–Kier alpha value is -1.62. The van der Waals surface area contributed by atoms with E-state index >= 15 is 0 Å². The van der Waals surface area contributed by atoms with Gasteiger partial charge >= 0.3 is 0 Å². The minimum Gasteiger partial charge on any atom is -0.343 e. The third-order valence-corrected chi connectivity index (χ3v) is 3.30. The van der Waals surface area contributed by atoms with Crippen LogP contribution in [0.25, 0.3) is 0 Å². The van der Waals surface area contributed by atoms with E-state index in [9.17, 15) is 14.0 Å². The molecule has 2 amide bonds. The van der Waals surface area contributed by atoms with E-state index in [0.29, 0.717) is 6.42 Å². The maximum Gasteiger partial charge on any atom is 0.250 e. The zero-order valence-electron chi connectivity index (χ0n) is 10.5. The van der Waals surface area contributed by atoms with Gasteiger partial charge in [0.25, 0.3) is 0 Å². The van der Waals surface area contributed by atoms with E-state index in [4.69, 9.17) is 11.6 Å². The Morgan fingerprint density at radius 2 is 2.21 bits per heavy atom. The van der Waals surface area contributed by atoms with E-state index in [0.717, 1.165) is 6.42 Å². The highest BCUT2D eigenvalue weighted by Crippen LogP contribution is 2.28. The largest absolute Gasteiger partial charge is 0.343 e. The van der Waals surface area contributed by atoms with Gasteiger partial charge in [0.1, 0.15) is 18.4 Å². The fourth-order valence-corrected chi connectivity index (χ4v) is 2.31. The van der Waals surface area contributed by atoms with E-state index in [1.165, 1.54) is 23.1 Å². The van der Waals surface area contributed by atoms with Gasteiger partial charge in [0.2, 0.25) is 11.8 Å². The van der Waals surface area contributed by atoms with E-state index in [1.54, 1.807) is 0 Å². The monoisotopic (exact) mass is 284 g/mol. The van der Waals surface area contributed by atoms with Crippen molar-refractivity contribution < 1.29 is 14.0 Å². The minimum absolute atomic E-state index is 0.137.